The van der Waals surface area contributed by atoms with Crippen molar-refractivity contribution in [3.05, 3.63) is 0 Å². The van der Waals surface area contributed by atoms with E-state index < -0.39 is 11.8 Å². The minimum absolute atomic E-state index is 0.446. The first kappa shape index (κ1) is 8.60. The fourth-order valence-electron chi connectivity index (χ4n) is 0.842. The average molecular weight is 187 g/mol. The molecule has 1 heterocycles. The molecule has 1 fully saturated rings. The largest absolute Gasteiger partial charge is 0.254 e. The molecule has 60 valence electrons. The summed E-state index contributed by atoms with van der Waals surface area (Å²) in [4.78, 5) is 0. The molecule has 1 aliphatic heterocycles. The quantitative estimate of drug-likeness (QED) is 0.611. The third-order valence-corrected chi connectivity index (χ3v) is 3.32. The predicted molar refractivity (Wildman–Crippen MR) is 41.1 cm³/mol. The van der Waals surface area contributed by atoms with Gasteiger partial charge in [-0.05, 0) is 23.8 Å². The van der Waals surface area contributed by atoms with Crippen molar-refractivity contribution in [3.63, 3.8) is 0 Å². The van der Waals surface area contributed by atoms with E-state index in [2.05, 4.69) is 0 Å². The van der Waals surface area contributed by atoms with Crippen molar-refractivity contribution in [2.45, 2.75) is 18.2 Å². The van der Waals surface area contributed by atoms with Crippen LogP contribution >= 0.6 is 23.4 Å². The Morgan fingerprint density at radius 2 is 2.10 bits per heavy atom. The Labute approximate surface area is 68.3 Å². The molecule has 0 radical (unpaired) electrons. The molecule has 0 aromatic carbocycles. The van der Waals surface area contributed by atoms with Crippen LogP contribution in [0.25, 0.3) is 0 Å². The van der Waals surface area contributed by atoms with Gasteiger partial charge in [0.1, 0.15) is 0 Å². The lowest BCUT2D eigenvalue weighted by atomic mass is 10.1. The van der Waals surface area contributed by atoms with Gasteiger partial charge in [-0.1, -0.05) is 0 Å². The van der Waals surface area contributed by atoms with E-state index in [9.17, 15) is 8.78 Å². The monoisotopic (exact) mass is 186 g/mol. The molecule has 1 saturated heterocycles. The molecular formula is C6H9ClF2S. The molecule has 1 unspecified atom stereocenters. The molecule has 0 nitrogen and oxygen atoms in total. The van der Waals surface area contributed by atoms with E-state index in [-0.39, 0.29) is 0 Å². The van der Waals surface area contributed by atoms with Gasteiger partial charge in [0.25, 0.3) is 6.43 Å². The molecule has 0 aliphatic carbocycles. The second-order valence-corrected chi connectivity index (χ2v) is 4.13. The second kappa shape index (κ2) is 3.77. The fraction of sp³-hybridized carbons (Fsp3) is 1.00. The molecule has 0 N–H and O–H groups in total. The van der Waals surface area contributed by atoms with Crippen molar-refractivity contribution in [2.75, 3.05) is 11.5 Å². The Kier molecular flexibility index (Phi) is 3.24. The number of thioether (sulfide) groups is 1. The molecule has 1 rings (SSSR count). The molecular weight excluding hydrogens is 178 g/mol. The van der Waals surface area contributed by atoms with Crippen LogP contribution in [-0.4, -0.2) is 23.3 Å². The van der Waals surface area contributed by atoms with Crippen molar-refractivity contribution in [1.29, 1.82) is 0 Å². The topological polar surface area (TPSA) is 0 Å². The molecule has 0 saturated carbocycles. The smallest absolute Gasteiger partial charge is 0.209 e. The maximum Gasteiger partial charge on any atom is 0.254 e. The van der Waals surface area contributed by atoms with Crippen molar-refractivity contribution in [3.8, 4) is 0 Å². The van der Waals surface area contributed by atoms with Crippen LogP contribution in [0.15, 0.2) is 0 Å². The van der Waals surface area contributed by atoms with Gasteiger partial charge >= 0.3 is 0 Å². The van der Waals surface area contributed by atoms with Gasteiger partial charge in [0, 0.05) is 0 Å². The lowest BCUT2D eigenvalue weighted by Crippen LogP contribution is -2.24. The first-order valence-corrected chi connectivity index (χ1v) is 4.79. The van der Waals surface area contributed by atoms with Crippen LogP contribution in [0.4, 0.5) is 8.78 Å². The van der Waals surface area contributed by atoms with Crippen LogP contribution in [-0.2, 0) is 0 Å². The molecule has 1 aliphatic rings. The van der Waals surface area contributed by atoms with Crippen LogP contribution in [0.5, 0.6) is 0 Å². The highest BCUT2D eigenvalue weighted by Crippen LogP contribution is 2.31. The number of halogens is 3. The summed E-state index contributed by atoms with van der Waals surface area (Å²) >= 11 is 7.16. The first-order chi connectivity index (χ1) is 4.70. The Morgan fingerprint density at radius 1 is 1.50 bits per heavy atom. The van der Waals surface area contributed by atoms with Crippen molar-refractivity contribution in [2.24, 2.45) is 5.92 Å². The van der Waals surface area contributed by atoms with Crippen LogP contribution in [0.3, 0.4) is 0 Å². The lowest BCUT2D eigenvalue weighted by molar-refractivity contribution is 0.134. The summed E-state index contributed by atoms with van der Waals surface area (Å²) in [6.07, 6.45) is -1.88. The van der Waals surface area contributed by atoms with E-state index in [1.165, 1.54) is 0 Å². The van der Waals surface area contributed by atoms with E-state index in [4.69, 9.17) is 11.6 Å². The third kappa shape index (κ3) is 2.27. The summed E-state index contributed by atoms with van der Waals surface area (Å²) in [6, 6.07) is 0. The van der Waals surface area contributed by atoms with Crippen LogP contribution in [0.1, 0.15) is 6.42 Å². The summed E-state index contributed by atoms with van der Waals surface area (Å²) in [7, 11) is 0. The summed E-state index contributed by atoms with van der Waals surface area (Å²) in [6.45, 7) is 0. The SMILES string of the molecule is FC(F)C(Cl)CC1CSC1. The highest BCUT2D eigenvalue weighted by atomic mass is 35.5. The molecule has 4 heteroatoms. The van der Waals surface area contributed by atoms with Crippen molar-refractivity contribution in [1.82, 2.24) is 0 Å². The van der Waals surface area contributed by atoms with Gasteiger partial charge < -0.3 is 0 Å². The van der Waals surface area contributed by atoms with E-state index in [0.29, 0.717) is 12.3 Å². The van der Waals surface area contributed by atoms with Gasteiger partial charge in [-0.25, -0.2) is 8.78 Å². The Morgan fingerprint density at radius 3 is 2.40 bits per heavy atom. The molecule has 0 aromatic rings. The van der Waals surface area contributed by atoms with E-state index in [1.54, 1.807) is 11.8 Å². The second-order valence-electron chi connectivity index (χ2n) is 2.49. The molecule has 0 bridgehead atoms. The molecule has 10 heavy (non-hydrogen) atoms. The highest BCUT2D eigenvalue weighted by Gasteiger charge is 2.26. The van der Waals surface area contributed by atoms with Gasteiger partial charge in [0.15, 0.2) is 0 Å². The van der Waals surface area contributed by atoms with Crippen LogP contribution < -0.4 is 0 Å². The molecule has 1 atom stereocenters. The van der Waals surface area contributed by atoms with Crippen LogP contribution in [0, 0.1) is 5.92 Å². The lowest BCUT2D eigenvalue weighted by Gasteiger charge is -2.26. The zero-order valence-electron chi connectivity index (χ0n) is 5.40. The highest BCUT2D eigenvalue weighted by molar-refractivity contribution is 8.00. The predicted octanol–water partition coefficient (Wildman–Crippen LogP) is 2.61. The van der Waals surface area contributed by atoms with Crippen molar-refractivity contribution < 1.29 is 8.78 Å². The van der Waals surface area contributed by atoms with Gasteiger partial charge in [0.2, 0.25) is 0 Å². The maximum absolute atomic E-state index is 11.8. The first-order valence-electron chi connectivity index (χ1n) is 3.20. The fourth-order valence-corrected chi connectivity index (χ4v) is 1.94. The van der Waals surface area contributed by atoms with Crippen molar-refractivity contribution >= 4 is 23.4 Å². The Hall–Kier alpha value is 0.500. The van der Waals surface area contributed by atoms with E-state index >= 15 is 0 Å². The summed E-state index contributed by atoms with van der Waals surface area (Å²) in [5, 5.41) is -0.925. The van der Waals surface area contributed by atoms with Gasteiger partial charge in [-0.2, -0.15) is 11.8 Å². The normalized spacial score (nSPS) is 22.8. The summed E-state index contributed by atoms with van der Waals surface area (Å²) < 4.78 is 23.6. The zero-order valence-corrected chi connectivity index (χ0v) is 6.97. The average Bonchev–Trinajstić information content (AvgIpc) is 1.77. The number of alkyl halides is 3. The number of hydrogen-bond donors (Lipinski definition) is 0. The maximum atomic E-state index is 11.8. The number of rotatable bonds is 3. The molecule has 0 amide bonds. The molecule has 0 spiro atoms. The number of hydrogen-bond acceptors (Lipinski definition) is 1. The minimum Gasteiger partial charge on any atom is -0.209 e. The Balaban J connectivity index is 2.10. The standard InChI is InChI=1S/C6H9ClF2S/c7-5(6(8)9)1-4-2-10-3-4/h4-6H,1-3H2. The van der Waals surface area contributed by atoms with Gasteiger partial charge in [0.05, 0.1) is 5.38 Å². The van der Waals surface area contributed by atoms with E-state index in [1.807, 2.05) is 0 Å². The van der Waals surface area contributed by atoms with Crippen LogP contribution in [0.2, 0.25) is 0 Å². The van der Waals surface area contributed by atoms with Gasteiger partial charge in [-0.15, -0.1) is 11.6 Å². The summed E-state index contributed by atoms with van der Waals surface area (Å²) in [5.74, 6) is 2.47. The minimum atomic E-state index is -2.35. The summed E-state index contributed by atoms with van der Waals surface area (Å²) in [5.41, 5.74) is 0. The Bertz CT molecular complexity index is 106. The zero-order chi connectivity index (χ0) is 7.56. The van der Waals surface area contributed by atoms with E-state index in [0.717, 1.165) is 11.5 Å². The molecule has 0 aromatic heterocycles. The van der Waals surface area contributed by atoms with Gasteiger partial charge in [-0.3, -0.25) is 0 Å². The third-order valence-electron chi connectivity index (χ3n) is 1.54.